The number of aliphatic carboxylic acids is 1. The minimum absolute atomic E-state index is 0.101. The number of rotatable bonds is 4. The van der Waals surface area contributed by atoms with Gasteiger partial charge >= 0.3 is 5.97 Å². The molecule has 0 saturated heterocycles. The Balaban J connectivity index is 2.04. The summed E-state index contributed by atoms with van der Waals surface area (Å²) >= 11 is 0. The number of nitrogens with one attached hydrogen (secondary N) is 1. The number of carboxylic acid groups (broad SMARTS) is 1. The monoisotopic (exact) mass is 273 g/mol. The van der Waals surface area contributed by atoms with Crippen molar-refractivity contribution in [3.63, 3.8) is 0 Å². The first-order chi connectivity index (χ1) is 8.38. The van der Waals surface area contributed by atoms with E-state index < -0.39 is 21.9 Å². The van der Waals surface area contributed by atoms with Crippen LogP contribution in [0.1, 0.15) is 19.3 Å². The number of sulfonamides is 1. The molecule has 1 saturated carbocycles. The van der Waals surface area contributed by atoms with Crippen LogP contribution < -0.4 is 4.72 Å². The third kappa shape index (κ3) is 2.70. The predicted octanol–water partition coefficient (Wildman–Crippen LogP) is -0.0483. The van der Waals surface area contributed by atoms with Crippen molar-refractivity contribution < 1.29 is 18.3 Å². The second kappa shape index (κ2) is 4.69. The number of carbonyl (C=O) groups is 1. The van der Waals surface area contributed by atoms with Gasteiger partial charge in [-0.15, -0.1) is 0 Å². The highest BCUT2D eigenvalue weighted by Gasteiger charge is 2.32. The zero-order valence-corrected chi connectivity index (χ0v) is 10.7. The van der Waals surface area contributed by atoms with Gasteiger partial charge in [0.2, 0.25) is 10.0 Å². The summed E-state index contributed by atoms with van der Waals surface area (Å²) in [4.78, 5) is 10.9. The summed E-state index contributed by atoms with van der Waals surface area (Å²) in [7, 11) is -1.96. The molecule has 2 unspecified atom stereocenters. The van der Waals surface area contributed by atoms with E-state index in [9.17, 15) is 13.2 Å². The van der Waals surface area contributed by atoms with Gasteiger partial charge in [-0.25, -0.2) is 13.1 Å². The normalized spacial score (nSPS) is 24.3. The van der Waals surface area contributed by atoms with Crippen molar-refractivity contribution in [2.45, 2.75) is 30.2 Å². The van der Waals surface area contributed by atoms with Crippen molar-refractivity contribution in [3.8, 4) is 0 Å². The molecule has 1 aliphatic carbocycles. The van der Waals surface area contributed by atoms with Crippen molar-refractivity contribution in [1.29, 1.82) is 0 Å². The lowest BCUT2D eigenvalue weighted by Gasteiger charge is -2.11. The molecule has 7 nitrogen and oxygen atoms in total. The fraction of sp³-hybridized carbons (Fsp3) is 0.600. The Labute approximate surface area is 105 Å². The Morgan fingerprint density at radius 3 is 2.78 bits per heavy atom. The number of carboxylic acids is 1. The maximum Gasteiger partial charge on any atom is 0.306 e. The van der Waals surface area contributed by atoms with Crippen LogP contribution in [0.3, 0.4) is 0 Å². The van der Waals surface area contributed by atoms with Crippen LogP contribution in [0.15, 0.2) is 17.3 Å². The summed E-state index contributed by atoms with van der Waals surface area (Å²) in [5.41, 5.74) is 0. The molecule has 100 valence electrons. The van der Waals surface area contributed by atoms with Crippen LogP contribution in [0.5, 0.6) is 0 Å². The number of aryl methyl sites for hydroxylation is 1. The zero-order valence-electron chi connectivity index (χ0n) is 9.91. The highest BCUT2D eigenvalue weighted by atomic mass is 32.2. The van der Waals surface area contributed by atoms with Crippen LogP contribution in [0.2, 0.25) is 0 Å². The standard InChI is InChI=1S/C10H15N3O4S/c1-13-6-9(5-11-13)18(16,17)12-8-3-2-7(4-8)10(14)15/h5-8,12H,2-4H2,1H3,(H,14,15). The van der Waals surface area contributed by atoms with Gasteiger partial charge in [-0.3, -0.25) is 9.48 Å². The average Bonchev–Trinajstić information content (AvgIpc) is 2.86. The molecule has 18 heavy (non-hydrogen) atoms. The van der Waals surface area contributed by atoms with Crippen molar-refractivity contribution >= 4 is 16.0 Å². The van der Waals surface area contributed by atoms with E-state index in [-0.39, 0.29) is 10.9 Å². The highest BCUT2D eigenvalue weighted by molar-refractivity contribution is 7.89. The van der Waals surface area contributed by atoms with Gasteiger partial charge in [-0.2, -0.15) is 5.10 Å². The molecule has 0 aliphatic heterocycles. The van der Waals surface area contributed by atoms with Gasteiger partial charge in [0.05, 0.1) is 12.1 Å². The molecule has 8 heteroatoms. The molecule has 1 aliphatic rings. The Morgan fingerprint density at radius 2 is 2.28 bits per heavy atom. The van der Waals surface area contributed by atoms with E-state index in [1.54, 1.807) is 7.05 Å². The van der Waals surface area contributed by atoms with Crippen LogP contribution in [0.25, 0.3) is 0 Å². The second-order valence-corrected chi connectivity index (χ2v) is 6.23. The molecule has 0 amide bonds. The fourth-order valence-corrected chi connectivity index (χ4v) is 3.40. The third-order valence-electron chi connectivity index (χ3n) is 3.10. The molecule has 0 spiro atoms. The van der Waals surface area contributed by atoms with Gasteiger partial charge in [0, 0.05) is 19.3 Å². The van der Waals surface area contributed by atoms with E-state index >= 15 is 0 Å². The summed E-state index contributed by atoms with van der Waals surface area (Å²) in [6.45, 7) is 0. The lowest BCUT2D eigenvalue weighted by molar-refractivity contribution is -0.141. The minimum Gasteiger partial charge on any atom is -0.481 e. The molecule has 1 aromatic heterocycles. The van der Waals surface area contributed by atoms with Gasteiger partial charge in [-0.05, 0) is 19.3 Å². The Morgan fingerprint density at radius 1 is 1.56 bits per heavy atom. The van der Waals surface area contributed by atoms with E-state index in [0.29, 0.717) is 19.3 Å². The smallest absolute Gasteiger partial charge is 0.306 e. The molecular weight excluding hydrogens is 258 g/mol. The van der Waals surface area contributed by atoms with Gasteiger partial charge in [0.25, 0.3) is 0 Å². The molecule has 0 radical (unpaired) electrons. The Kier molecular flexibility index (Phi) is 3.40. The average molecular weight is 273 g/mol. The van der Waals surface area contributed by atoms with Crippen LogP contribution in [0, 0.1) is 5.92 Å². The molecule has 1 heterocycles. The van der Waals surface area contributed by atoms with E-state index in [1.807, 2.05) is 0 Å². The van der Waals surface area contributed by atoms with Crippen LogP contribution >= 0.6 is 0 Å². The van der Waals surface area contributed by atoms with Crippen molar-refractivity contribution in [2.75, 3.05) is 0 Å². The summed E-state index contributed by atoms with van der Waals surface area (Å²) in [6.07, 6.45) is 4.08. The summed E-state index contributed by atoms with van der Waals surface area (Å²) in [6, 6.07) is -0.309. The molecule has 1 aromatic rings. The van der Waals surface area contributed by atoms with Gasteiger partial charge in [0.1, 0.15) is 4.90 Å². The first-order valence-corrected chi connectivity index (χ1v) is 7.10. The summed E-state index contributed by atoms with van der Waals surface area (Å²) in [5, 5.41) is 12.7. The maximum absolute atomic E-state index is 12.0. The first kappa shape index (κ1) is 13.0. The first-order valence-electron chi connectivity index (χ1n) is 5.62. The summed E-state index contributed by atoms with van der Waals surface area (Å²) in [5.74, 6) is -1.32. The molecule has 1 fully saturated rings. The molecule has 2 rings (SSSR count). The van der Waals surface area contributed by atoms with E-state index in [2.05, 4.69) is 9.82 Å². The lowest BCUT2D eigenvalue weighted by Crippen LogP contribution is -2.33. The quantitative estimate of drug-likeness (QED) is 0.801. The van der Waals surface area contributed by atoms with Gasteiger partial charge in [0.15, 0.2) is 0 Å². The zero-order chi connectivity index (χ0) is 13.3. The number of aromatic nitrogens is 2. The predicted molar refractivity (Wildman–Crippen MR) is 62.3 cm³/mol. The topological polar surface area (TPSA) is 101 Å². The Bertz CT molecular complexity index is 551. The number of nitrogens with zero attached hydrogens (tertiary/aromatic N) is 2. The van der Waals surface area contributed by atoms with Crippen LogP contribution in [0.4, 0.5) is 0 Å². The van der Waals surface area contributed by atoms with Crippen molar-refractivity contribution in [2.24, 2.45) is 13.0 Å². The highest BCUT2D eigenvalue weighted by Crippen LogP contribution is 2.26. The SMILES string of the molecule is Cn1cc(S(=O)(=O)NC2CCC(C(=O)O)C2)cn1. The molecule has 2 N–H and O–H groups in total. The van der Waals surface area contributed by atoms with E-state index in [0.717, 1.165) is 0 Å². The molecule has 0 bridgehead atoms. The third-order valence-corrected chi connectivity index (χ3v) is 4.57. The number of hydrogen-bond acceptors (Lipinski definition) is 4. The largest absolute Gasteiger partial charge is 0.481 e. The second-order valence-electron chi connectivity index (χ2n) is 4.52. The molecular formula is C10H15N3O4S. The lowest BCUT2D eigenvalue weighted by atomic mass is 10.1. The van der Waals surface area contributed by atoms with Gasteiger partial charge in [-0.1, -0.05) is 0 Å². The van der Waals surface area contributed by atoms with Crippen molar-refractivity contribution in [1.82, 2.24) is 14.5 Å². The Hall–Kier alpha value is -1.41. The van der Waals surface area contributed by atoms with Crippen LogP contribution in [-0.4, -0.2) is 35.3 Å². The minimum atomic E-state index is -3.60. The molecule has 2 atom stereocenters. The van der Waals surface area contributed by atoms with Crippen LogP contribution in [-0.2, 0) is 21.9 Å². The maximum atomic E-state index is 12.0. The summed E-state index contributed by atoms with van der Waals surface area (Å²) < 4.78 is 27.9. The molecule has 0 aromatic carbocycles. The van der Waals surface area contributed by atoms with Crippen molar-refractivity contribution in [3.05, 3.63) is 12.4 Å². The van der Waals surface area contributed by atoms with Gasteiger partial charge < -0.3 is 5.11 Å². The fourth-order valence-electron chi connectivity index (χ4n) is 2.14. The number of hydrogen-bond donors (Lipinski definition) is 2. The van der Waals surface area contributed by atoms with E-state index in [1.165, 1.54) is 17.1 Å². The van der Waals surface area contributed by atoms with E-state index in [4.69, 9.17) is 5.11 Å².